The molecule has 2 rings (SSSR count). The Bertz CT molecular complexity index is 772. The molecule has 1 N–H and O–H groups in total. The van der Waals surface area contributed by atoms with Crippen molar-refractivity contribution in [1.82, 2.24) is 20.0 Å². The fourth-order valence-corrected chi connectivity index (χ4v) is 3.26. The Labute approximate surface area is 186 Å². The smallest absolute Gasteiger partial charge is 0.193 e. The van der Waals surface area contributed by atoms with Crippen LogP contribution in [0.5, 0.6) is 5.75 Å². The molecule has 0 unspecified atom stereocenters. The normalized spacial score (nSPS) is 11.1. The van der Waals surface area contributed by atoms with Crippen molar-refractivity contribution in [1.29, 1.82) is 0 Å². The molecule has 156 valence electrons. The van der Waals surface area contributed by atoms with Gasteiger partial charge in [0.2, 0.25) is 0 Å². The van der Waals surface area contributed by atoms with Crippen molar-refractivity contribution in [2.75, 3.05) is 27.2 Å². The van der Waals surface area contributed by atoms with Gasteiger partial charge in [0.05, 0.1) is 12.2 Å². The highest BCUT2D eigenvalue weighted by atomic mass is 127. The minimum absolute atomic E-state index is 0. The number of aliphatic imine (C=N–C) groups is 1. The van der Waals surface area contributed by atoms with Crippen molar-refractivity contribution in [3.05, 3.63) is 46.8 Å². The highest BCUT2D eigenvalue weighted by molar-refractivity contribution is 14.0. The first-order chi connectivity index (χ1) is 13.0. The summed E-state index contributed by atoms with van der Waals surface area (Å²) in [6.07, 6.45) is 1.91. The first-order valence-corrected chi connectivity index (χ1v) is 9.65. The summed E-state index contributed by atoms with van der Waals surface area (Å²) in [5.41, 5.74) is 4.87. The monoisotopic (exact) mass is 499 g/mol. The van der Waals surface area contributed by atoms with Crippen LogP contribution < -0.4 is 10.1 Å². The first-order valence-electron chi connectivity index (χ1n) is 9.65. The van der Waals surface area contributed by atoms with E-state index < -0.39 is 0 Å². The molecule has 0 atom stereocenters. The second-order valence-corrected chi connectivity index (χ2v) is 6.64. The van der Waals surface area contributed by atoms with Crippen LogP contribution in [0.25, 0.3) is 0 Å². The second kappa shape index (κ2) is 11.9. The van der Waals surface area contributed by atoms with Gasteiger partial charge in [0.15, 0.2) is 5.96 Å². The Hall–Kier alpha value is -1.77. The van der Waals surface area contributed by atoms with Gasteiger partial charge in [-0.25, -0.2) is 0 Å². The van der Waals surface area contributed by atoms with Gasteiger partial charge < -0.3 is 15.0 Å². The van der Waals surface area contributed by atoms with Crippen LogP contribution >= 0.6 is 24.0 Å². The minimum Gasteiger partial charge on any atom is -0.491 e. The van der Waals surface area contributed by atoms with Crippen molar-refractivity contribution in [3.63, 3.8) is 0 Å². The van der Waals surface area contributed by atoms with Crippen LogP contribution in [-0.4, -0.2) is 47.9 Å². The standard InChI is InChI=1S/C21H33N5O.HI/c1-7-18-17(19(8-2)26(6)24-18)15-23-21(22-4)25(5)13-14-27-20-12-10-9-11-16(20)3;/h9-12H,7-8,13-15H2,1-6H3,(H,22,23);1H. The maximum absolute atomic E-state index is 5.90. The summed E-state index contributed by atoms with van der Waals surface area (Å²) in [5, 5.41) is 8.12. The number of rotatable bonds is 8. The maximum Gasteiger partial charge on any atom is 0.193 e. The number of hydrogen-bond donors (Lipinski definition) is 1. The van der Waals surface area contributed by atoms with Crippen LogP contribution in [0.15, 0.2) is 29.3 Å². The lowest BCUT2D eigenvalue weighted by atomic mass is 10.1. The lowest BCUT2D eigenvalue weighted by molar-refractivity contribution is 0.280. The van der Waals surface area contributed by atoms with Gasteiger partial charge in [0.1, 0.15) is 12.4 Å². The molecule has 0 saturated carbocycles. The van der Waals surface area contributed by atoms with E-state index in [1.165, 1.54) is 11.3 Å². The Balaban J connectivity index is 0.00000392. The number of nitrogens with zero attached hydrogens (tertiary/aromatic N) is 4. The molecule has 0 amide bonds. The van der Waals surface area contributed by atoms with Gasteiger partial charge in [0, 0.05) is 38.9 Å². The first kappa shape index (κ1) is 24.3. The molecule has 0 spiro atoms. The molecular weight excluding hydrogens is 465 g/mol. The van der Waals surface area contributed by atoms with Crippen molar-refractivity contribution >= 4 is 29.9 Å². The highest BCUT2D eigenvalue weighted by Crippen LogP contribution is 2.16. The third-order valence-electron chi connectivity index (χ3n) is 4.80. The van der Waals surface area contributed by atoms with Crippen LogP contribution in [0.2, 0.25) is 0 Å². The van der Waals surface area contributed by atoms with E-state index in [-0.39, 0.29) is 24.0 Å². The number of benzene rings is 1. The summed E-state index contributed by atoms with van der Waals surface area (Å²) < 4.78 is 7.90. The molecule has 0 aliphatic rings. The molecule has 1 heterocycles. The maximum atomic E-state index is 5.90. The number of likely N-dealkylation sites (N-methyl/N-ethyl adjacent to an activating group) is 1. The number of para-hydroxylation sites is 1. The van der Waals surface area contributed by atoms with E-state index in [0.29, 0.717) is 6.61 Å². The van der Waals surface area contributed by atoms with Crippen LogP contribution in [0.4, 0.5) is 0 Å². The number of ether oxygens (including phenoxy) is 1. The topological polar surface area (TPSA) is 54.7 Å². The van der Waals surface area contributed by atoms with Crippen LogP contribution in [-0.2, 0) is 26.4 Å². The summed E-state index contributed by atoms with van der Waals surface area (Å²) in [5.74, 6) is 1.79. The Morgan fingerprint density at radius 2 is 1.96 bits per heavy atom. The number of halogens is 1. The average Bonchev–Trinajstić information content (AvgIpc) is 2.98. The molecule has 0 bridgehead atoms. The average molecular weight is 499 g/mol. The lowest BCUT2D eigenvalue weighted by Crippen LogP contribution is -2.40. The molecule has 6 nitrogen and oxygen atoms in total. The SMILES string of the molecule is CCc1nn(C)c(CC)c1CNC(=NC)N(C)CCOc1ccccc1C.I. The van der Waals surface area contributed by atoms with Crippen LogP contribution in [0, 0.1) is 6.92 Å². The van der Waals surface area contributed by atoms with E-state index in [1.807, 2.05) is 44.0 Å². The molecule has 0 radical (unpaired) electrons. The lowest BCUT2D eigenvalue weighted by Gasteiger charge is -2.22. The van der Waals surface area contributed by atoms with Crippen LogP contribution in [0.1, 0.15) is 36.4 Å². The van der Waals surface area contributed by atoms with Crippen molar-refractivity contribution < 1.29 is 4.74 Å². The summed E-state index contributed by atoms with van der Waals surface area (Å²) in [6.45, 7) is 8.47. The molecule has 1 aromatic heterocycles. The molecule has 0 aliphatic heterocycles. The van der Waals surface area contributed by atoms with E-state index >= 15 is 0 Å². The Morgan fingerprint density at radius 1 is 1.25 bits per heavy atom. The predicted octanol–water partition coefficient (Wildman–Crippen LogP) is 3.56. The molecule has 0 fully saturated rings. The van der Waals surface area contributed by atoms with E-state index in [9.17, 15) is 0 Å². The quantitative estimate of drug-likeness (QED) is 0.343. The third-order valence-corrected chi connectivity index (χ3v) is 4.80. The van der Waals surface area contributed by atoms with Gasteiger partial charge in [-0.2, -0.15) is 5.10 Å². The zero-order chi connectivity index (χ0) is 19.8. The van der Waals surface area contributed by atoms with E-state index in [1.54, 1.807) is 0 Å². The molecular formula is C21H34IN5O. The van der Waals surface area contributed by atoms with Crippen molar-refractivity contribution in [2.24, 2.45) is 12.0 Å². The number of aromatic nitrogens is 2. The van der Waals surface area contributed by atoms with Gasteiger partial charge in [-0.1, -0.05) is 32.0 Å². The number of nitrogens with one attached hydrogen (secondary N) is 1. The minimum atomic E-state index is 0. The van der Waals surface area contributed by atoms with E-state index in [2.05, 4.69) is 47.1 Å². The van der Waals surface area contributed by atoms with Crippen molar-refractivity contribution in [2.45, 2.75) is 40.2 Å². The van der Waals surface area contributed by atoms with Gasteiger partial charge >= 0.3 is 0 Å². The molecule has 0 aliphatic carbocycles. The summed E-state index contributed by atoms with van der Waals surface area (Å²) in [7, 11) is 5.86. The fraction of sp³-hybridized carbons (Fsp3) is 0.524. The van der Waals surface area contributed by atoms with E-state index in [0.717, 1.165) is 48.9 Å². The molecule has 28 heavy (non-hydrogen) atoms. The number of guanidine groups is 1. The fourth-order valence-electron chi connectivity index (χ4n) is 3.26. The van der Waals surface area contributed by atoms with Gasteiger partial charge in [-0.3, -0.25) is 9.67 Å². The zero-order valence-electron chi connectivity index (χ0n) is 18.0. The number of hydrogen-bond acceptors (Lipinski definition) is 3. The number of aryl methyl sites for hydroxylation is 3. The van der Waals surface area contributed by atoms with Gasteiger partial charge in [-0.15, -0.1) is 24.0 Å². The summed E-state index contributed by atoms with van der Waals surface area (Å²) >= 11 is 0. The summed E-state index contributed by atoms with van der Waals surface area (Å²) in [6, 6.07) is 8.08. The molecule has 2 aromatic rings. The Kier molecular flexibility index (Phi) is 10.3. The highest BCUT2D eigenvalue weighted by Gasteiger charge is 2.15. The van der Waals surface area contributed by atoms with Crippen molar-refractivity contribution in [3.8, 4) is 5.75 Å². The van der Waals surface area contributed by atoms with Crippen LogP contribution in [0.3, 0.4) is 0 Å². The predicted molar refractivity (Wildman–Crippen MR) is 127 cm³/mol. The van der Waals surface area contributed by atoms with Gasteiger partial charge in [0.25, 0.3) is 0 Å². The zero-order valence-corrected chi connectivity index (χ0v) is 20.3. The Morgan fingerprint density at radius 3 is 2.57 bits per heavy atom. The van der Waals surface area contributed by atoms with Gasteiger partial charge in [-0.05, 0) is 31.4 Å². The second-order valence-electron chi connectivity index (χ2n) is 6.64. The summed E-state index contributed by atoms with van der Waals surface area (Å²) in [4.78, 5) is 6.50. The molecule has 0 saturated heterocycles. The molecule has 7 heteroatoms. The third kappa shape index (κ3) is 6.12. The van der Waals surface area contributed by atoms with E-state index in [4.69, 9.17) is 4.74 Å². The molecule has 1 aromatic carbocycles. The largest absolute Gasteiger partial charge is 0.491 e.